The maximum absolute atomic E-state index is 12.0. The number of aromatic amines is 1. The molecule has 0 bridgehead atoms. The van der Waals surface area contributed by atoms with Gasteiger partial charge in [0.1, 0.15) is 5.69 Å². The topological polar surface area (TPSA) is 84.2 Å². The first-order chi connectivity index (χ1) is 8.81. The smallest absolute Gasteiger partial charge is 0.271 e. The Balaban J connectivity index is 1.75. The van der Waals surface area contributed by atoms with Gasteiger partial charge in [-0.15, -0.1) is 0 Å². The van der Waals surface area contributed by atoms with Crippen LogP contribution in [0.4, 0.5) is 0 Å². The lowest BCUT2D eigenvalue weighted by Crippen LogP contribution is -2.41. The molecule has 0 aromatic carbocycles. The molecule has 1 aliphatic heterocycles. The van der Waals surface area contributed by atoms with Crippen LogP contribution in [0.15, 0.2) is 12.3 Å². The summed E-state index contributed by atoms with van der Waals surface area (Å²) in [5.74, 6) is 0.0212. The molecule has 0 aliphatic carbocycles. The monoisotopic (exact) mass is 252 g/mol. The van der Waals surface area contributed by atoms with Crippen LogP contribution < -0.4 is 5.73 Å². The Kier molecular flexibility index (Phi) is 4.72. The molecule has 1 fully saturated rings. The molecule has 3 N–H and O–H groups in total. The molecular formula is C12H20N4O2. The fourth-order valence-corrected chi connectivity index (χ4v) is 2.10. The summed E-state index contributed by atoms with van der Waals surface area (Å²) in [5, 5.41) is 6.49. The van der Waals surface area contributed by atoms with Gasteiger partial charge in [0.15, 0.2) is 0 Å². The number of hydrogen-bond donors (Lipinski definition) is 2. The third-order valence-corrected chi connectivity index (χ3v) is 3.16. The van der Waals surface area contributed by atoms with Gasteiger partial charge in [-0.05, 0) is 31.9 Å². The Bertz CT molecular complexity index is 358. The first kappa shape index (κ1) is 13.0. The van der Waals surface area contributed by atoms with Gasteiger partial charge in [-0.25, -0.2) is 0 Å². The van der Waals surface area contributed by atoms with Crippen molar-refractivity contribution in [2.45, 2.75) is 25.4 Å². The lowest BCUT2D eigenvalue weighted by molar-refractivity contribution is 0.00829. The minimum absolute atomic E-state index is 0.0212. The van der Waals surface area contributed by atoms with Crippen molar-refractivity contribution in [3.63, 3.8) is 0 Å². The van der Waals surface area contributed by atoms with Crippen molar-refractivity contribution < 1.29 is 9.53 Å². The number of likely N-dealkylation sites (tertiary alicyclic amines) is 1. The number of rotatable bonds is 5. The van der Waals surface area contributed by atoms with Gasteiger partial charge >= 0.3 is 0 Å². The van der Waals surface area contributed by atoms with Crippen molar-refractivity contribution in [2.75, 3.05) is 26.2 Å². The Hall–Kier alpha value is -1.40. The predicted octanol–water partition coefficient (Wildman–Crippen LogP) is 0.380. The molecule has 1 saturated heterocycles. The normalized spacial score (nSPS) is 17.1. The molecule has 0 atom stereocenters. The van der Waals surface area contributed by atoms with Crippen molar-refractivity contribution in [3.8, 4) is 0 Å². The van der Waals surface area contributed by atoms with E-state index in [1.54, 1.807) is 12.3 Å². The van der Waals surface area contributed by atoms with Gasteiger partial charge in [-0.1, -0.05) is 0 Å². The third kappa shape index (κ3) is 3.30. The zero-order chi connectivity index (χ0) is 12.8. The van der Waals surface area contributed by atoms with Crippen LogP contribution in [-0.2, 0) is 4.74 Å². The number of nitrogens with one attached hydrogen (secondary N) is 1. The van der Waals surface area contributed by atoms with E-state index in [0.717, 1.165) is 39.0 Å². The van der Waals surface area contributed by atoms with E-state index in [9.17, 15) is 4.79 Å². The summed E-state index contributed by atoms with van der Waals surface area (Å²) in [5.41, 5.74) is 5.97. The Labute approximate surface area is 106 Å². The predicted molar refractivity (Wildman–Crippen MR) is 67.1 cm³/mol. The van der Waals surface area contributed by atoms with Crippen molar-refractivity contribution >= 4 is 5.91 Å². The molecule has 6 heteroatoms. The number of hydrogen-bond acceptors (Lipinski definition) is 4. The van der Waals surface area contributed by atoms with E-state index in [1.807, 2.05) is 4.90 Å². The molecular weight excluding hydrogens is 232 g/mol. The van der Waals surface area contributed by atoms with Crippen LogP contribution in [0, 0.1) is 0 Å². The first-order valence-electron chi connectivity index (χ1n) is 6.41. The average molecular weight is 252 g/mol. The van der Waals surface area contributed by atoms with Crippen LogP contribution in [0.25, 0.3) is 0 Å². The standard InChI is InChI=1S/C12H20N4O2/c13-5-1-9-18-10-3-7-16(8-4-10)12(17)11-2-6-14-15-11/h2,6,10H,1,3-5,7-9,13H2,(H,14,15). The summed E-state index contributed by atoms with van der Waals surface area (Å²) in [6.45, 7) is 2.86. The maximum Gasteiger partial charge on any atom is 0.271 e. The maximum atomic E-state index is 12.0. The zero-order valence-corrected chi connectivity index (χ0v) is 10.5. The van der Waals surface area contributed by atoms with E-state index >= 15 is 0 Å². The third-order valence-electron chi connectivity index (χ3n) is 3.16. The lowest BCUT2D eigenvalue weighted by atomic mass is 10.1. The molecule has 6 nitrogen and oxygen atoms in total. The molecule has 2 heterocycles. The van der Waals surface area contributed by atoms with Crippen molar-refractivity contribution in [2.24, 2.45) is 5.73 Å². The number of piperidine rings is 1. The van der Waals surface area contributed by atoms with Crippen LogP contribution >= 0.6 is 0 Å². The van der Waals surface area contributed by atoms with E-state index < -0.39 is 0 Å². The number of carbonyl (C=O) groups is 1. The van der Waals surface area contributed by atoms with Gasteiger partial charge in [-0.3, -0.25) is 9.89 Å². The summed E-state index contributed by atoms with van der Waals surface area (Å²) < 4.78 is 5.70. The van der Waals surface area contributed by atoms with Gasteiger partial charge in [-0.2, -0.15) is 5.10 Å². The number of amides is 1. The minimum atomic E-state index is 0.0212. The first-order valence-corrected chi connectivity index (χ1v) is 6.41. The number of ether oxygens (including phenoxy) is 1. The van der Waals surface area contributed by atoms with Gasteiger partial charge in [0.25, 0.3) is 5.91 Å². The minimum Gasteiger partial charge on any atom is -0.378 e. The van der Waals surface area contributed by atoms with E-state index in [1.165, 1.54) is 0 Å². The summed E-state index contributed by atoms with van der Waals surface area (Å²) in [7, 11) is 0. The summed E-state index contributed by atoms with van der Waals surface area (Å²) in [6, 6.07) is 1.70. The van der Waals surface area contributed by atoms with Crippen LogP contribution in [0.1, 0.15) is 29.8 Å². The second-order valence-electron chi connectivity index (χ2n) is 4.47. The lowest BCUT2D eigenvalue weighted by Gasteiger charge is -2.31. The molecule has 1 aliphatic rings. The molecule has 0 radical (unpaired) electrons. The SMILES string of the molecule is NCCCOC1CCN(C(=O)c2ccn[nH]2)CC1. The summed E-state index contributed by atoms with van der Waals surface area (Å²) >= 11 is 0. The summed E-state index contributed by atoms with van der Waals surface area (Å²) in [4.78, 5) is 13.9. The Morgan fingerprint density at radius 2 is 2.33 bits per heavy atom. The van der Waals surface area contributed by atoms with Gasteiger partial charge in [0.05, 0.1) is 6.10 Å². The number of nitrogens with two attached hydrogens (primary N) is 1. The Morgan fingerprint density at radius 3 is 2.94 bits per heavy atom. The molecule has 1 aromatic rings. The second-order valence-corrected chi connectivity index (χ2v) is 4.47. The highest BCUT2D eigenvalue weighted by Gasteiger charge is 2.24. The van der Waals surface area contributed by atoms with E-state index in [4.69, 9.17) is 10.5 Å². The Morgan fingerprint density at radius 1 is 1.56 bits per heavy atom. The van der Waals surface area contributed by atoms with Crippen LogP contribution in [-0.4, -0.2) is 53.3 Å². The average Bonchev–Trinajstić information content (AvgIpc) is 2.93. The number of aromatic nitrogens is 2. The molecule has 0 unspecified atom stereocenters. The quantitative estimate of drug-likeness (QED) is 0.742. The summed E-state index contributed by atoms with van der Waals surface area (Å²) in [6.07, 6.45) is 4.54. The highest BCUT2D eigenvalue weighted by atomic mass is 16.5. The number of carbonyl (C=O) groups excluding carboxylic acids is 1. The van der Waals surface area contributed by atoms with E-state index in [0.29, 0.717) is 12.2 Å². The van der Waals surface area contributed by atoms with Gasteiger partial charge < -0.3 is 15.4 Å². The van der Waals surface area contributed by atoms with E-state index in [-0.39, 0.29) is 12.0 Å². The number of nitrogens with zero attached hydrogens (tertiary/aromatic N) is 2. The molecule has 0 spiro atoms. The van der Waals surface area contributed by atoms with Crippen LogP contribution in [0.3, 0.4) is 0 Å². The fourth-order valence-electron chi connectivity index (χ4n) is 2.10. The van der Waals surface area contributed by atoms with Crippen molar-refractivity contribution in [1.82, 2.24) is 15.1 Å². The zero-order valence-electron chi connectivity index (χ0n) is 10.5. The van der Waals surface area contributed by atoms with Crippen LogP contribution in [0.2, 0.25) is 0 Å². The largest absolute Gasteiger partial charge is 0.378 e. The second kappa shape index (κ2) is 6.51. The van der Waals surface area contributed by atoms with Crippen LogP contribution in [0.5, 0.6) is 0 Å². The number of H-pyrrole nitrogens is 1. The molecule has 18 heavy (non-hydrogen) atoms. The molecule has 100 valence electrons. The van der Waals surface area contributed by atoms with Crippen molar-refractivity contribution in [3.05, 3.63) is 18.0 Å². The van der Waals surface area contributed by atoms with Crippen molar-refractivity contribution in [1.29, 1.82) is 0 Å². The molecule has 1 aromatic heterocycles. The van der Waals surface area contributed by atoms with Gasteiger partial charge in [0.2, 0.25) is 0 Å². The highest BCUT2D eigenvalue weighted by Crippen LogP contribution is 2.15. The van der Waals surface area contributed by atoms with E-state index in [2.05, 4.69) is 10.2 Å². The van der Waals surface area contributed by atoms with Gasteiger partial charge in [0, 0.05) is 25.9 Å². The highest BCUT2D eigenvalue weighted by molar-refractivity contribution is 5.92. The fraction of sp³-hybridized carbons (Fsp3) is 0.667. The molecule has 0 saturated carbocycles. The molecule has 2 rings (SSSR count). The molecule has 1 amide bonds.